The molecule has 1 aromatic heterocycles. The molecule has 0 amide bonds. The minimum Gasteiger partial charge on any atom is -0.496 e. The van der Waals surface area contributed by atoms with Crippen molar-refractivity contribution in [2.75, 3.05) is 19.0 Å². The Balaban J connectivity index is 2.01. The standard InChI is InChI=1S/C14H15N3O3/c1-20-13-7-3-2-5-11(13)8-10-16-14-12(17(18)19)6-4-9-15-14/h2-7,9H,8,10H2,1H3,(H,15,16)/p+1. The molecule has 0 bridgehead atoms. The number of pyridine rings is 1. The summed E-state index contributed by atoms with van der Waals surface area (Å²) in [5, 5.41) is 13.9. The van der Waals surface area contributed by atoms with Crippen molar-refractivity contribution in [3.63, 3.8) is 0 Å². The van der Waals surface area contributed by atoms with E-state index >= 15 is 0 Å². The number of ether oxygens (including phenoxy) is 1. The number of benzene rings is 1. The number of H-pyrrole nitrogens is 1. The van der Waals surface area contributed by atoms with E-state index in [-0.39, 0.29) is 5.69 Å². The zero-order valence-corrected chi connectivity index (χ0v) is 11.1. The Kier molecular flexibility index (Phi) is 4.49. The average molecular weight is 274 g/mol. The molecule has 0 unspecified atom stereocenters. The Morgan fingerprint density at radius 2 is 2.10 bits per heavy atom. The number of hydrogen-bond donors (Lipinski definition) is 1. The highest BCUT2D eigenvalue weighted by molar-refractivity contribution is 5.50. The van der Waals surface area contributed by atoms with Crippen molar-refractivity contribution in [3.05, 3.63) is 58.3 Å². The summed E-state index contributed by atoms with van der Waals surface area (Å²) in [5.74, 6) is 1.23. The van der Waals surface area contributed by atoms with Gasteiger partial charge in [-0.25, -0.2) is 4.98 Å². The van der Waals surface area contributed by atoms with Gasteiger partial charge >= 0.3 is 11.5 Å². The number of nitrogens with zero attached hydrogens (tertiary/aromatic N) is 1. The molecule has 2 aromatic rings. The second kappa shape index (κ2) is 6.51. The molecular formula is C14H16N3O3+. The Morgan fingerprint density at radius 3 is 2.85 bits per heavy atom. The van der Waals surface area contributed by atoms with Crippen molar-refractivity contribution in [1.29, 1.82) is 0 Å². The van der Waals surface area contributed by atoms with Crippen LogP contribution >= 0.6 is 0 Å². The first-order valence-electron chi connectivity index (χ1n) is 6.23. The normalized spacial score (nSPS) is 10.1. The fraction of sp³-hybridized carbons (Fsp3) is 0.214. The molecule has 6 nitrogen and oxygen atoms in total. The number of methoxy groups -OCH3 is 1. The predicted molar refractivity (Wildman–Crippen MR) is 74.8 cm³/mol. The highest BCUT2D eigenvalue weighted by Gasteiger charge is 2.19. The Bertz CT molecular complexity index is 602. The molecule has 0 aliphatic heterocycles. The summed E-state index contributed by atoms with van der Waals surface area (Å²) >= 11 is 0. The lowest BCUT2D eigenvalue weighted by atomic mass is 10.1. The largest absolute Gasteiger partial charge is 0.496 e. The second-order valence-corrected chi connectivity index (χ2v) is 4.18. The van der Waals surface area contributed by atoms with Crippen LogP contribution in [0.5, 0.6) is 5.75 Å². The average Bonchev–Trinajstić information content (AvgIpc) is 2.48. The Hall–Kier alpha value is -2.63. The van der Waals surface area contributed by atoms with Crippen LogP contribution in [0, 0.1) is 10.1 Å². The first-order chi connectivity index (χ1) is 9.72. The number of aromatic amines is 1. The molecule has 0 saturated heterocycles. The smallest absolute Gasteiger partial charge is 0.357 e. The summed E-state index contributed by atoms with van der Waals surface area (Å²) in [6, 6.07) is 10.8. The molecule has 0 radical (unpaired) electrons. The molecule has 0 atom stereocenters. The van der Waals surface area contributed by atoms with Crippen molar-refractivity contribution in [2.24, 2.45) is 0 Å². The molecule has 0 aliphatic carbocycles. The molecule has 0 fully saturated rings. The maximum Gasteiger partial charge on any atom is 0.357 e. The zero-order valence-electron chi connectivity index (χ0n) is 11.1. The van der Waals surface area contributed by atoms with Gasteiger partial charge in [0.05, 0.1) is 24.8 Å². The van der Waals surface area contributed by atoms with Crippen molar-refractivity contribution in [1.82, 2.24) is 0 Å². The van der Waals surface area contributed by atoms with Crippen molar-refractivity contribution >= 4 is 11.5 Å². The van der Waals surface area contributed by atoms with E-state index in [0.29, 0.717) is 18.8 Å². The van der Waals surface area contributed by atoms with Crippen LogP contribution in [-0.4, -0.2) is 18.6 Å². The SMILES string of the molecule is COc1ccccc1CCNc1[nH+]cccc1[N+](=O)[O-]. The summed E-state index contributed by atoms with van der Waals surface area (Å²) in [5.41, 5.74) is 1.09. The highest BCUT2D eigenvalue weighted by Crippen LogP contribution is 2.20. The third kappa shape index (κ3) is 3.23. The van der Waals surface area contributed by atoms with E-state index in [9.17, 15) is 10.1 Å². The van der Waals surface area contributed by atoms with Crippen LogP contribution in [0.25, 0.3) is 0 Å². The molecule has 0 aliphatic rings. The molecule has 0 saturated carbocycles. The molecule has 1 aromatic carbocycles. The van der Waals surface area contributed by atoms with Gasteiger partial charge in [-0.1, -0.05) is 18.2 Å². The van der Waals surface area contributed by atoms with Crippen LogP contribution in [0.3, 0.4) is 0 Å². The van der Waals surface area contributed by atoms with Gasteiger partial charge in [0, 0.05) is 12.5 Å². The van der Waals surface area contributed by atoms with Gasteiger partial charge in [-0.05, 0) is 17.7 Å². The van der Waals surface area contributed by atoms with Gasteiger partial charge in [-0.15, -0.1) is 0 Å². The lowest BCUT2D eigenvalue weighted by Gasteiger charge is -2.06. The number of hydrogen-bond acceptors (Lipinski definition) is 4. The quantitative estimate of drug-likeness (QED) is 0.646. The van der Waals surface area contributed by atoms with Gasteiger partial charge in [-0.3, -0.25) is 15.4 Å². The number of para-hydroxylation sites is 1. The first kappa shape index (κ1) is 13.8. The van der Waals surface area contributed by atoms with E-state index in [4.69, 9.17) is 4.74 Å². The monoisotopic (exact) mass is 274 g/mol. The molecule has 1 heterocycles. The zero-order chi connectivity index (χ0) is 14.4. The molecule has 0 spiro atoms. The minimum atomic E-state index is -0.415. The Morgan fingerprint density at radius 1 is 1.30 bits per heavy atom. The number of aromatic nitrogens is 1. The van der Waals surface area contributed by atoms with Crippen LogP contribution in [0.2, 0.25) is 0 Å². The fourth-order valence-electron chi connectivity index (χ4n) is 1.95. The van der Waals surface area contributed by atoms with Gasteiger partial charge in [0.2, 0.25) is 0 Å². The van der Waals surface area contributed by atoms with Gasteiger partial charge in [0.25, 0.3) is 0 Å². The Labute approximate surface area is 116 Å². The fourth-order valence-corrected chi connectivity index (χ4v) is 1.95. The molecule has 20 heavy (non-hydrogen) atoms. The maximum atomic E-state index is 10.9. The molecule has 2 rings (SSSR count). The van der Waals surface area contributed by atoms with Gasteiger partial charge in [-0.2, -0.15) is 0 Å². The summed E-state index contributed by atoms with van der Waals surface area (Å²) in [6.07, 6.45) is 2.36. The lowest BCUT2D eigenvalue weighted by Crippen LogP contribution is -2.16. The van der Waals surface area contributed by atoms with Crippen molar-refractivity contribution in [2.45, 2.75) is 6.42 Å². The third-order valence-electron chi connectivity index (χ3n) is 2.92. The number of nitrogens with one attached hydrogen (secondary N) is 2. The van der Waals surface area contributed by atoms with Crippen LogP contribution < -0.4 is 15.0 Å². The second-order valence-electron chi connectivity index (χ2n) is 4.18. The van der Waals surface area contributed by atoms with Crippen molar-refractivity contribution < 1.29 is 14.6 Å². The van der Waals surface area contributed by atoms with Crippen LogP contribution in [-0.2, 0) is 6.42 Å². The van der Waals surface area contributed by atoms with Gasteiger partial charge in [0.15, 0.2) is 0 Å². The van der Waals surface area contributed by atoms with Crippen molar-refractivity contribution in [3.8, 4) is 5.75 Å². The van der Waals surface area contributed by atoms with Crippen LogP contribution in [0.4, 0.5) is 11.5 Å². The van der Waals surface area contributed by atoms with E-state index in [1.54, 1.807) is 19.4 Å². The first-order valence-corrected chi connectivity index (χ1v) is 6.23. The molecule has 104 valence electrons. The molecule has 2 N–H and O–H groups in total. The summed E-state index contributed by atoms with van der Waals surface area (Å²) < 4.78 is 5.27. The van der Waals surface area contributed by atoms with E-state index < -0.39 is 4.92 Å². The topological polar surface area (TPSA) is 78.5 Å². The van der Waals surface area contributed by atoms with Crippen LogP contribution in [0.15, 0.2) is 42.6 Å². The minimum absolute atomic E-state index is 0.0347. The van der Waals surface area contributed by atoms with Crippen LogP contribution in [0.1, 0.15) is 5.56 Å². The maximum absolute atomic E-state index is 10.9. The summed E-state index contributed by atoms with van der Waals surface area (Å²) in [4.78, 5) is 13.3. The molecular weight excluding hydrogens is 258 g/mol. The van der Waals surface area contributed by atoms with E-state index in [1.165, 1.54) is 6.07 Å². The molecule has 6 heteroatoms. The van der Waals surface area contributed by atoms with E-state index in [0.717, 1.165) is 11.3 Å². The predicted octanol–water partition coefficient (Wildman–Crippen LogP) is 2.07. The lowest BCUT2D eigenvalue weighted by molar-refractivity contribution is -0.409. The summed E-state index contributed by atoms with van der Waals surface area (Å²) in [6.45, 7) is 0.571. The summed E-state index contributed by atoms with van der Waals surface area (Å²) in [7, 11) is 1.63. The van der Waals surface area contributed by atoms with E-state index in [2.05, 4.69) is 10.3 Å². The van der Waals surface area contributed by atoms with Gasteiger partial charge < -0.3 is 4.74 Å². The van der Waals surface area contributed by atoms with E-state index in [1.807, 2.05) is 24.3 Å². The van der Waals surface area contributed by atoms with Gasteiger partial charge in [0.1, 0.15) is 5.75 Å². The number of nitro groups is 1. The highest BCUT2D eigenvalue weighted by atomic mass is 16.6. The third-order valence-corrected chi connectivity index (χ3v) is 2.92. The number of anilines is 1. The number of rotatable bonds is 6.